The quantitative estimate of drug-likeness (QED) is 0.780. The van der Waals surface area contributed by atoms with Gasteiger partial charge in [-0.1, -0.05) is 24.8 Å². The van der Waals surface area contributed by atoms with Crippen molar-refractivity contribution < 1.29 is 13.6 Å². The maximum Gasteiger partial charge on any atom is 0.239 e. The van der Waals surface area contributed by atoms with Crippen LogP contribution in [0.3, 0.4) is 0 Å². The largest absolute Gasteiger partial charge is 0.307 e. The van der Waals surface area contributed by atoms with Crippen LogP contribution in [0, 0.1) is 0 Å². The summed E-state index contributed by atoms with van der Waals surface area (Å²) >= 11 is 0. The SMILES string of the molecule is C=C(CF)CN1C(=O)C2(CCN(CCF)C2)c2ccccc21. The lowest BCUT2D eigenvalue weighted by Crippen LogP contribution is -2.43. The summed E-state index contributed by atoms with van der Waals surface area (Å²) in [5.41, 5.74) is 1.60. The Labute approximate surface area is 129 Å². The zero-order valence-corrected chi connectivity index (χ0v) is 12.5. The van der Waals surface area contributed by atoms with Crippen molar-refractivity contribution in [3.8, 4) is 0 Å². The third kappa shape index (κ3) is 2.24. The van der Waals surface area contributed by atoms with E-state index in [-0.39, 0.29) is 12.5 Å². The highest BCUT2D eigenvalue weighted by Gasteiger charge is 2.53. The van der Waals surface area contributed by atoms with Gasteiger partial charge in [0.1, 0.15) is 13.3 Å². The highest BCUT2D eigenvalue weighted by molar-refractivity contribution is 6.08. The Morgan fingerprint density at radius 2 is 2.09 bits per heavy atom. The topological polar surface area (TPSA) is 23.6 Å². The van der Waals surface area contributed by atoms with E-state index < -0.39 is 18.8 Å². The molecule has 22 heavy (non-hydrogen) atoms. The first-order valence-corrected chi connectivity index (χ1v) is 7.55. The summed E-state index contributed by atoms with van der Waals surface area (Å²) in [7, 11) is 0. The standard InChI is InChI=1S/C17H20F2N2O/c1-13(10-19)11-21-15-5-3-2-4-14(15)17(16(21)22)6-8-20(12-17)9-7-18/h2-5H,1,6-12H2. The van der Waals surface area contributed by atoms with Crippen LogP contribution >= 0.6 is 0 Å². The van der Waals surface area contributed by atoms with E-state index in [0.29, 0.717) is 31.6 Å². The zero-order valence-electron chi connectivity index (χ0n) is 12.5. The van der Waals surface area contributed by atoms with Gasteiger partial charge >= 0.3 is 0 Å². The molecule has 1 aromatic carbocycles. The minimum absolute atomic E-state index is 0.00958. The number of fused-ring (bicyclic) bond motifs is 2. The van der Waals surface area contributed by atoms with Crippen LogP contribution in [-0.4, -0.2) is 50.3 Å². The van der Waals surface area contributed by atoms with Gasteiger partial charge < -0.3 is 4.90 Å². The molecule has 3 nitrogen and oxygen atoms in total. The fourth-order valence-corrected chi connectivity index (χ4v) is 3.61. The minimum Gasteiger partial charge on any atom is -0.307 e. The molecule has 0 bridgehead atoms. The molecule has 2 heterocycles. The fraction of sp³-hybridized carbons (Fsp3) is 0.471. The van der Waals surface area contributed by atoms with Crippen molar-refractivity contribution in [2.45, 2.75) is 11.8 Å². The Balaban J connectivity index is 1.96. The Kier molecular flexibility index (Phi) is 4.00. The number of anilines is 1. The molecule has 1 spiro atoms. The fourth-order valence-electron chi connectivity index (χ4n) is 3.61. The van der Waals surface area contributed by atoms with Gasteiger partial charge in [0.05, 0.1) is 5.41 Å². The van der Waals surface area contributed by atoms with Gasteiger partial charge in [-0.15, -0.1) is 0 Å². The number of para-hydroxylation sites is 1. The van der Waals surface area contributed by atoms with Gasteiger partial charge in [-0.25, -0.2) is 8.78 Å². The van der Waals surface area contributed by atoms with Crippen molar-refractivity contribution >= 4 is 11.6 Å². The van der Waals surface area contributed by atoms with Gasteiger partial charge in [-0.3, -0.25) is 9.69 Å². The second kappa shape index (κ2) is 5.80. The molecular formula is C17H20F2N2O. The molecule has 5 heteroatoms. The number of hydrogen-bond donors (Lipinski definition) is 0. The first kappa shape index (κ1) is 15.2. The van der Waals surface area contributed by atoms with E-state index in [1.807, 2.05) is 29.2 Å². The summed E-state index contributed by atoms with van der Waals surface area (Å²) in [6.07, 6.45) is 0.682. The number of amides is 1. The molecule has 2 aliphatic heterocycles. The van der Waals surface area contributed by atoms with Crippen LogP contribution in [0.5, 0.6) is 0 Å². The maximum atomic E-state index is 13.0. The van der Waals surface area contributed by atoms with Gasteiger partial charge in [0.2, 0.25) is 5.91 Å². The lowest BCUT2D eigenvalue weighted by molar-refractivity contribution is -0.122. The van der Waals surface area contributed by atoms with Crippen LogP contribution < -0.4 is 4.90 Å². The van der Waals surface area contributed by atoms with E-state index in [1.54, 1.807) is 4.90 Å². The first-order chi connectivity index (χ1) is 10.6. The third-order valence-electron chi connectivity index (χ3n) is 4.68. The normalized spacial score (nSPS) is 24.3. The summed E-state index contributed by atoms with van der Waals surface area (Å²) in [6, 6.07) is 7.65. The van der Waals surface area contributed by atoms with Crippen LogP contribution in [0.1, 0.15) is 12.0 Å². The lowest BCUT2D eigenvalue weighted by Gasteiger charge is -2.24. The number of alkyl halides is 2. The van der Waals surface area contributed by atoms with Gasteiger partial charge in [-0.05, 0) is 30.2 Å². The molecule has 3 rings (SSSR count). The van der Waals surface area contributed by atoms with E-state index in [9.17, 15) is 13.6 Å². The second-order valence-corrected chi connectivity index (χ2v) is 6.09. The molecule has 1 amide bonds. The molecule has 0 saturated carbocycles. The predicted molar refractivity (Wildman–Crippen MR) is 82.6 cm³/mol. The molecule has 1 atom stereocenters. The Morgan fingerprint density at radius 1 is 1.32 bits per heavy atom. The van der Waals surface area contributed by atoms with Crippen LogP contribution in [0.15, 0.2) is 36.4 Å². The second-order valence-electron chi connectivity index (χ2n) is 6.09. The summed E-state index contributed by atoms with van der Waals surface area (Å²) in [4.78, 5) is 16.7. The van der Waals surface area contributed by atoms with Crippen molar-refractivity contribution in [3.63, 3.8) is 0 Å². The van der Waals surface area contributed by atoms with Crippen molar-refractivity contribution in [3.05, 3.63) is 42.0 Å². The number of rotatable bonds is 5. The Bertz CT molecular complexity index is 604. The van der Waals surface area contributed by atoms with Gasteiger partial charge in [0.15, 0.2) is 0 Å². The molecule has 1 unspecified atom stereocenters. The van der Waals surface area contributed by atoms with Crippen LogP contribution in [0.2, 0.25) is 0 Å². The molecule has 0 aromatic heterocycles. The summed E-state index contributed by atoms with van der Waals surface area (Å²) in [5, 5.41) is 0. The Hall–Kier alpha value is -1.75. The third-order valence-corrected chi connectivity index (χ3v) is 4.68. The monoisotopic (exact) mass is 306 g/mol. The van der Waals surface area contributed by atoms with Gasteiger partial charge in [0, 0.05) is 25.3 Å². The van der Waals surface area contributed by atoms with Crippen LogP contribution in [-0.2, 0) is 10.2 Å². The van der Waals surface area contributed by atoms with Gasteiger partial charge in [-0.2, -0.15) is 0 Å². The van der Waals surface area contributed by atoms with Crippen molar-refractivity contribution in [2.75, 3.05) is 44.4 Å². The highest BCUT2D eigenvalue weighted by Crippen LogP contribution is 2.47. The van der Waals surface area contributed by atoms with E-state index in [4.69, 9.17) is 0 Å². The summed E-state index contributed by atoms with van der Waals surface area (Å²) < 4.78 is 25.4. The lowest BCUT2D eigenvalue weighted by atomic mass is 9.81. The molecule has 118 valence electrons. The van der Waals surface area contributed by atoms with Crippen molar-refractivity contribution in [1.82, 2.24) is 4.90 Å². The molecule has 1 saturated heterocycles. The Morgan fingerprint density at radius 3 is 2.82 bits per heavy atom. The van der Waals surface area contributed by atoms with E-state index in [1.165, 1.54) is 0 Å². The smallest absolute Gasteiger partial charge is 0.239 e. The van der Waals surface area contributed by atoms with Crippen molar-refractivity contribution in [1.29, 1.82) is 0 Å². The number of carbonyl (C=O) groups is 1. The predicted octanol–water partition coefficient (Wildman–Crippen LogP) is 2.47. The number of likely N-dealkylation sites (tertiary alicyclic amines) is 1. The number of nitrogens with zero attached hydrogens (tertiary/aromatic N) is 2. The highest BCUT2D eigenvalue weighted by atomic mass is 19.1. The van der Waals surface area contributed by atoms with Gasteiger partial charge in [0.25, 0.3) is 0 Å². The molecule has 0 radical (unpaired) electrons. The van der Waals surface area contributed by atoms with Crippen LogP contribution in [0.4, 0.5) is 14.5 Å². The van der Waals surface area contributed by atoms with Crippen molar-refractivity contribution in [2.24, 2.45) is 0 Å². The first-order valence-electron chi connectivity index (χ1n) is 7.55. The molecule has 0 N–H and O–H groups in total. The number of benzene rings is 1. The average molecular weight is 306 g/mol. The molecule has 1 fully saturated rings. The number of carbonyl (C=O) groups excluding carboxylic acids is 1. The molecule has 1 aromatic rings. The molecule has 2 aliphatic rings. The maximum absolute atomic E-state index is 13.0. The van der Waals surface area contributed by atoms with E-state index in [2.05, 4.69) is 6.58 Å². The average Bonchev–Trinajstić information content (AvgIpc) is 3.05. The summed E-state index contributed by atoms with van der Waals surface area (Å²) in [6.45, 7) is 4.44. The summed E-state index contributed by atoms with van der Waals surface area (Å²) in [5.74, 6) is -0.00958. The number of hydrogen-bond acceptors (Lipinski definition) is 2. The molecule has 0 aliphatic carbocycles. The number of halogens is 2. The zero-order chi connectivity index (χ0) is 15.7. The van der Waals surface area contributed by atoms with E-state index in [0.717, 1.165) is 11.3 Å². The van der Waals surface area contributed by atoms with E-state index >= 15 is 0 Å². The molecular weight excluding hydrogens is 286 g/mol. The minimum atomic E-state index is -0.632. The van der Waals surface area contributed by atoms with Crippen LogP contribution in [0.25, 0.3) is 0 Å².